The van der Waals surface area contributed by atoms with E-state index in [0.717, 1.165) is 27.7 Å². The molecule has 26 heavy (non-hydrogen) atoms. The summed E-state index contributed by atoms with van der Waals surface area (Å²) in [5.41, 5.74) is 2.51. The molecule has 0 fully saturated rings. The summed E-state index contributed by atoms with van der Waals surface area (Å²) in [6.45, 7) is 2.62. The lowest BCUT2D eigenvalue weighted by Crippen LogP contribution is -2.38. The highest BCUT2D eigenvalue weighted by Crippen LogP contribution is 2.31. The number of hydrogen-bond acceptors (Lipinski definition) is 4. The number of rotatable bonds is 2. The van der Waals surface area contributed by atoms with Gasteiger partial charge in [-0.3, -0.25) is 9.78 Å². The number of nitrogens with zero attached hydrogens (tertiary/aromatic N) is 1. The number of aromatic nitrogens is 2. The van der Waals surface area contributed by atoms with Crippen molar-refractivity contribution in [3.05, 3.63) is 91.6 Å². The van der Waals surface area contributed by atoms with Gasteiger partial charge in [-0.05, 0) is 36.6 Å². The Morgan fingerprint density at radius 3 is 2.58 bits per heavy atom. The molecular formula is C20H19N3O3. The van der Waals surface area contributed by atoms with E-state index in [4.69, 9.17) is 0 Å². The van der Waals surface area contributed by atoms with E-state index in [2.05, 4.69) is 10.3 Å². The van der Waals surface area contributed by atoms with Crippen molar-refractivity contribution in [1.82, 2.24) is 14.9 Å². The Balaban J connectivity index is 1.94. The predicted molar refractivity (Wildman–Crippen MR) is 99.1 cm³/mol. The van der Waals surface area contributed by atoms with E-state index in [-0.39, 0.29) is 11.4 Å². The zero-order valence-electron chi connectivity index (χ0n) is 14.3. The van der Waals surface area contributed by atoms with Crippen molar-refractivity contribution in [2.45, 2.75) is 19.4 Å². The summed E-state index contributed by atoms with van der Waals surface area (Å²) in [4.78, 5) is 27.2. The van der Waals surface area contributed by atoms with Crippen molar-refractivity contribution in [3.63, 3.8) is 0 Å². The average molecular weight is 349 g/mol. The molecule has 0 bridgehead atoms. The number of H-pyrrole nitrogens is 1. The lowest BCUT2D eigenvalue weighted by Gasteiger charge is -2.27. The highest BCUT2D eigenvalue weighted by Gasteiger charge is 2.28. The second-order valence-electron chi connectivity index (χ2n) is 6.50. The maximum atomic E-state index is 12.5. The van der Waals surface area contributed by atoms with E-state index in [0.29, 0.717) is 12.2 Å². The van der Waals surface area contributed by atoms with Crippen LogP contribution < -0.4 is 16.6 Å². The van der Waals surface area contributed by atoms with Crippen LogP contribution in [-0.4, -0.2) is 21.2 Å². The molecule has 3 N–H and O–H groups in total. The van der Waals surface area contributed by atoms with Gasteiger partial charge in [-0.2, -0.15) is 0 Å². The predicted octanol–water partition coefficient (Wildman–Crippen LogP) is 1.77. The van der Waals surface area contributed by atoms with Crippen molar-refractivity contribution in [3.8, 4) is 11.6 Å². The first-order valence-electron chi connectivity index (χ1n) is 8.52. The Labute approximate surface area is 149 Å². The van der Waals surface area contributed by atoms with Crippen LogP contribution in [0.2, 0.25) is 0 Å². The molecule has 0 radical (unpaired) electrons. The molecule has 2 aromatic carbocycles. The van der Waals surface area contributed by atoms with Crippen LogP contribution in [0.25, 0.3) is 5.69 Å². The van der Waals surface area contributed by atoms with Crippen molar-refractivity contribution in [1.29, 1.82) is 0 Å². The topological polar surface area (TPSA) is 87.1 Å². The Bertz CT molecular complexity index is 1080. The molecule has 1 aliphatic rings. The van der Waals surface area contributed by atoms with E-state index in [1.807, 2.05) is 43.3 Å². The Morgan fingerprint density at radius 2 is 1.81 bits per heavy atom. The van der Waals surface area contributed by atoms with Crippen molar-refractivity contribution >= 4 is 0 Å². The van der Waals surface area contributed by atoms with Crippen LogP contribution in [0.3, 0.4) is 0 Å². The number of benzene rings is 2. The molecule has 3 aromatic rings. The largest absolute Gasteiger partial charge is 0.494 e. The smallest absolute Gasteiger partial charge is 0.335 e. The van der Waals surface area contributed by atoms with Gasteiger partial charge in [-0.1, -0.05) is 42.0 Å². The maximum Gasteiger partial charge on any atom is 0.335 e. The summed E-state index contributed by atoms with van der Waals surface area (Å²) in [7, 11) is 0. The fraction of sp³-hybridized carbons (Fsp3) is 0.200. The van der Waals surface area contributed by atoms with Crippen LogP contribution in [0.4, 0.5) is 0 Å². The van der Waals surface area contributed by atoms with Gasteiger partial charge < -0.3 is 10.4 Å². The molecule has 2 heterocycles. The minimum absolute atomic E-state index is 0.150. The van der Waals surface area contributed by atoms with E-state index < -0.39 is 17.3 Å². The summed E-state index contributed by atoms with van der Waals surface area (Å²) in [6.07, 6.45) is 0.850. The second-order valence-corrected chi connectivity index (χ2v) is 6.50. The van der Waals surface area contributed by atoms with Crippen molar-refractivity contribution < 1.29 is 5.11 Å². The molecule has 4 rings (SSSR count). The van der Waals surface area contributed by atoms with Gasteiger partial charge in [-0.15, -0.1) is 0 Å². The fourth-order valence-corrected chi connectivity index (χ4v) is 3.49. The minimum atomic E-state index is -0.663. The first kappa shape index (κ1) is 16.4. The molecule has 6 nitrogen and oxygen atoms in total. The first-order chi connectivity index (χ1) is 12.6. The molecule has 1 atom stereocenters. The van der Waals surface area contributed by atoms with Crippen molar-refractivity contribution in [2.75, 3.05) is 6.54 Å². The van der Waals surface area contributed by atoms with Crippen molar-refractivity contribution in [2.24, 2.45) is 0 Å². The number of aryl methyl sites for hydroxylation is 1. The maximum absolute atomic E-state index is 12.5. The Morgan fingerprint density at radius 1 is 1.08 bits per heavy atom. The molecule has 0 saturated carbocycles. The third-order valence-corrected chi connectivity index (χ3v) is 4.81. The Hall–Kier alpha value is -3.12. The third kappa shape index (κ3) is 2.64. The van der Waals surface area contributed by atoms with Gasteiger partial charge in [0.2, 0.25) is 5.88 Å². The second kappa shape index (κ2) is 6.31. The Kier molecular flexibility index (Phi) is 3.97. The third-order valence-electron chi connectivity index (χ3n) is 4.81. The summed E-state index contributed by atoms with van der Waals surface area (Å²) in [5.74, 6) is -0.336. The van der Waals surface area contributed by atoms with E-state index >= 15 is 0 Å². The van der Waals surface area contributed by atoms with E-state index in [1.54, 1.807) is 12.1 Å². The number of fused-ring (bicyclic) bond motifs is 1. The summed E-state index contributed by atoms with van der Waals surface area (Å²) < 4.78 is 1.13. The average Bonchev–Trinajstić information content (AvgIpc) is 2.63. The van der Waals surface area contributed by atoms with Crippen LogP contribution >= 0.6 is 0 Å². The molecule has 0 unspecified atom stereocenters. The normalized spacial score (nSPS) is 16.3. The van der Waals surface area contributed by atoms with E-state index in [1.165, 1.54) is 0 Å². The minimum Gasteiger partial charge on any atom is -0.494 e. The highest BCUT2D eigenvalue weighted by atomic mass is 16.3. The number of hydrogen-bond donors (Lipinski definition) is 3. The molecule has 132 valence electrons. The first-order valence-corrected chi connectivity index (χ1v) is 8.52. The molecule has 1 aliphatic heterocycles. The monoisotopic (exact) mass is 349 g/mol. The molecular weight excluding hydrogens is 330 g/mol. The standard InChI is InChI=1S/C20H19N3O3/c1-12-6-8-14(9-7-12)23-19(25)16(18(24)22-20(23)26)17-15-5-3-2-4-13(15)10-11-21-17/h2-9,17,21,25H,10-11H2,1H3,(H,22,24,26)/t17-/m1/s1. The number of aromatic hydroxyl groups is 1. The van der Waals surface area contributed by atoms with Gasteiger partial charge in [0.1, 0.15) is 0 Å². The van der Waals surface area contributed by atoms with Gasteiger partial charge in [-0.25, -0.2) is 9.36 Å². The van der Waals surface area contributed by atoms with Gasteiger partial charge in [0, 0.05) is 6.54 Å². The molecule has 0 aliphatic carbocycles. The summed E-state index contributed by atoms with van der Waals surface area (Å²) >= 11 is 0. The zero-order chi connectivity index (χ0) is 18.3. The molecule has 0 amide bonds. The van der Waals surface area contributed by atoms with E-state index in [9.17, 15) is 14.7 Å². The fourth-order valence-electron chi connectivity index (χ4n) is 3.49. The zero-order valence-corrected chi connectivity index (χ0v) is 14.3. The van der Waals surface area contributed by atoms with Crippen LogP contribution in [-0.2, 0) is 6.42 Å². The van der Waals surface area contributed by atoms with Gasteiger partial charge in [0.25, 0.3) is 5.56 Å². The quantitative estimate of drug-likeness (QED) is 0.658. The summed E-state index contributed by atoms with van der Waals surface area (Å²) in [5, 5.41) is 14.1. The molecule has 1 aromatic heterocycles. The summed E-state index contributed by atoms with van der Waals surface area (Å²) in [6, 6.07) is 14.5. The van der Waals surface area contributed by atoms with Gasteiger partial charge in [0.05, 0.1) is 17.3 Å². The molecule has 0 spiro atoms. The number of nitrogens with one attached hydrogen (secondary N) is 2. The molecule has 0 saturated heterocycles. The lowest BCUT2D eigenvalue weighted by molar-refractivity contribution is 0.410. The van der Waals surface area contributed by atoms with Gasteiger partial charge in [0.15, 0.2) is 0 Å². The van der Waals surface area contributed by atoms with Crippen LogP contribution in [0.15, 0.2) is 58.1 Å². The SMILES string of the molecule is Cc1ccc(-n2c(O)c([C@@H]3NCCc4ccccc43)c(=O)[nH]c2=O)cc1. The highest BCUT2D eigenvalue weighted by molar-refractivity contribution is 5.45. The van der Waals surface area contributed by atoms with Gasteiger partial charge >= 0.3 is 5.69 Å². The molecule has 6 heteroatoms. The van der Waals surface area contributed by atoms with Crippen LogP contribution in [0, 0.1) is 6.92 Å². The number of aromatic amines is 1. The van der Waals surface area contributed by atoms with Crippen LogP contribution in [0.1, 0.15) is 28.3 Å². The lowest BCUT2D eigenvalue weighted by atomic mass is 9.90. The van der Waals surface area contributed by atoms with Crippen LogP contribution in [0.5, 0.6) is 5.88 Å².